The van der Waals surface area contributed by atoms with Crippen LogP contribution in [-0.4, -0.2) is 82.0 Å². The number of H-pyrrole nitrogens is 1. The largest absolute Gasteiger partial charge is 0.351 e. The molecule has 3 amide bonds. The van der Waals surface area contributed by atoms with Gasteiger partial charge in [-0.2, -0.15) is 5.21 Å². The van der Waals surface area contributed by atoms with Crippen molar-refractivity contribution in [2.24, 2.45) is 17.6 Å². The molecule has 264 valence electrons. The van der Waals surface area contributed by atoms with Crippen LogP contribution >= 0.6 is 12.4 Å². The number of anilines is 1. The Labute approximate surface area is 298 Å². The van der Waals surface area contributed by atoms with E-state index in [2.05, 4.69) is 41.5 Å². The van der Waals surface area contributed by atoms with Crippen LogP contribution in [0.25, 0.3) is 22.5 Å². The maximum Gasteiger partial charge on any atom is 0.251 e. The number of amides is 3. The maximum absolute atomic E-state index is 13.8. The number of nitrogens with two attached hydrogens (primary N) is 1. The van der Waals surface area contributed by atoms with Crippen LogP contribution in [0.3, 0.4) is 0 Å². The van der Waals surface area contributed by atoms with E-state index in [0.717, 1.165) is 67.6 Å². The number of hydrogen-bond acceptors (Lipinski definition) is 8. The van der Waals surface area contributed by atoms with Gasteiger partial charge in [0.05, 0.1) is 0 Å². The van der Waals surface area contributed by atoms with E-state index >= 15 is 0 Å². The Balaban J connectivity index is 0.00000486. The molecule has 6 N–H and O–H groups in total. The van der Waals surface area contributed by atoms with Gasteiger partial charge in [-0.1, -0.05) is 36.4 Å². The van der Waals surface area contributed by atoms with Crippen LogP contribution in [0.1, 0.15) is 54.4 Å². The Bertz CT molecular complexity index is 1700. The van der Waals surface area contributed by atoms with Gasteiger partial charge >= 0.3 is 0 Å². The van der Waals surface area contributed by atoms with E-state index in [1.54, 1.807) is 24.3 Å². The second-order valence-electron chi connectivity index (χ2n) is 13.1. The number of carbonyl (C=O) groups excluding carboxylic acids is 3. The number of benzene rings is 3. The van der Waals surface area contributed by atoms with Gasteiger partial charge in [0.15, 0.2) is 0 Å². The van der Waals surface area contributed by atoms with Crippen molar-refractivity contribution in [1.29, 1.82) is 0 Å². The van der Waals surface area contributed by atoms with E-state index in [1.807, 2.05) is 48.5 Å². The van der Waals surface area contributed by atoms with E-state index < -0.39 is 6.04 Å². The van der Waals surface area contributed by atoms with Gasteiger partial charge in [-0.3, -0.25) is 14.4 Å². The summed E-state index contributed by atoms with van der Waals surface area (Å²) < 4.78 is 0. The SMILES string of the molecule is Cl.NCC1CCC(C(=O)N[C@@H](Cc2cccc(-c3cccc(C(=O)NCCN4CCCC4)c3)c2)C(=O)Nc2ccc(-c3nn[nH]n3)cc2)CC1. The first-order chi connectivity index (χ1) is 23.9. The molecule has 2 aliphatic rings. The van der Waals surface area contributed by atoms with Crippen molar-refractivity contribution in [2.75, 3.05) is 38.0 Å². The lowest BCUT2D eigenvalue weighted by atomic mass is 9.81. The molecular formula is C37H46ClN9O3. The summed E-state index contributed by atoms with van der Waals surface area (Å²) in [6.07, 6.45) is 6.09. The van der Waals surface area contributed by atoms with Gasteiger partial charge in [0.25, 0.3) is 5.91 Å². The summed E-state index contributed by atoms with van der Waals surface area (Å²) in [5, 5.41) is 23.1. The summed E-state index contributed by atoms with van der Waals surface area (Å²) in [6, 6.07) is 21.8. The minimum absolute atomic E-state index is 0. The van der Waals surface area contributed by atoms with E-state index in [1.165, 1.54) is 12.8 Å². The number of carbonyl (C=O) groups is 3. The Kier molecular flexibility index (Phi) is 13.1. The van der Waals surface area contributed by atoms with Crippen molar-refractivity contribution in [2.45, 2.75) is 51.0 Å². The van der Waals surface area contributed by atoms with Gasteiger partial charge in [0, 0.05) is 42.2 Å². The third kappa shape index (κ3) is 9.74. The van der Waals surface area contributed by atoms with Crippen molar-refractivity contribution in [1.82, 2.24) is 36.2 Å². The van der Waals surface area contributed by atoms with Crippen LogP contribution in [0.5, 0.6) is 0 Å². The number of aromatic amines is 1. The lowest BCUT2D eigenvalue weighted by Crippen LogP contribution is -2.48. The van der Waals surface area contributed by atoms with Crippen LogP contribution in [-0.2, 0) is 16.0 Å². The van der Waals surface area contributed by atoms with Crippen LogP contribution < -0.4 is 21.7 Å². The van der Waals surface area contributed by atoms with Crippen molar-refractivity contribution in [3.8, 4) is 22.5 Å². The minimum atomic E-state index is -0.806. The van der Waals surface area contributed by atoms with Gasteiger partial charge in [0.1, 0.15) is 6.04 Å². The highest BCUT2D eigenvalue weighted by atomic mass is 35.5. The molecule has 0 radical (unpaired) electrons. The number of halogens is 1. The predicted molar refractivity (Wildman–Crippen MR) is 196 cm³/mol. The van der Waals surface area contributed by atoms with Gasteiger partial charge < -0.3 is 26.6 Å². The molecule has 13 heteroatoms. The first-order valence-corrected chi connectivity index (χ1v) is 17.3. The first kappa shape index (κ1) is 36.6. The number of rotatable bonds is 13. The average Bonchev–Trinajstić information content (AvgIpc) is 3.88. The quantitative estimate of drug-likeness (QED) is 0.138. The van der Waals surface area contributed by atoms with Gasteiger partial charge in [-0.15, -0.1) is 22.6 Å². The Morgan fingerprint density at radius 1 is 0.900 bits per heavy atom. The third-order valence-electron chi connectivity index (χ3n) is 9.68. The average molecular weight is 700 g/mol. The van der Waals surface area contributed by atoms with Gasteiger partial charge in [0.2, 0.25) is 17.6 Å². The molecule has 0 unspecified atom stereocenters. The molecule has 4 aromatic rings. The smallest absolute Gasteiger partial charge is 0.251 e. The molecule has 6 rings (SSSR count). The molecular weight excluding hydrogens is 654 g/mol. The highest BCUT2D eigenvalue weighted by Gasteiger charge is 2.29. The molecule has 1 saturated carbocycles. The lowest BCUT2D eigenvalue weighted by Gasteiger charge is -2.28. The zero-order valence-corrected chi connectivity index (χ0v) is 29.0. The fourth-order valence-electron chi connectivity index (χ4n) is 6.76. The monoisotopic (exact) mass is 699 g/mol. The summed E-state index contributed by atoms with van der Waals surface area (Å²) in [7, 11) is 0. The third-order valence-corrected chi connectivity index (χ3v) is 9.68. The molecule has 1 aliphatic carbocycles. The second-order valence-corrected chi connectivity index (χ2v) is 13.1. The fraction of sp³-hybridized carbons (Fsp3) is 0.405. The van der Waals surface area contributed by atoms with E-state index in [0.29, 0.717) is 42.5 Å². The number of likely N-dealkylation sites (tertiary alicyclic amines) is 1. The van der Waals surface area contributed by atoms with Crippen LogP contribution in [0.2, 0.25) is 0 Å². The Morgan fingerprint density at radius 3 is 2.32 bits per heavy atom. The van der Waals surface area contributed by atoms with Crippen LogP contribution in [0, 0.1) is 11.8 Å². The van der Waals surface area contributed by atoms with Crippen molar-refractivity contribution >= 4 is 35.8 Å². The lowest BCUT2D eigenvalue weighted by molar-refractivity contribution is -0.130. The summed E-state index contributed by atoms with van der Waals surface area (Å²) in [4.78, 5) is 42.6. The molecule has 12 nitrogen and oxygen atoms in total. The second kappa shape index (κ2) is 17.8. The maximum atomic E-state index is 13.8. The Morgan fingerprint density at radius 2 is 1.62 bits per heavy atom. The number of hydrogen-bond donors (Lipinski definition) is 5. The minimum Gasteiger partial charge on any atom is -0.351 e. The first-order valence-electron chi connectivity index (χ1n) is 17.3. The number of nitrogens with one attached hydrogen (secondary N) is 4. The molecule has 50 heavy (non-hydrogen) atoms. The van der Waals surface area contributed by atoms with Crippen molar-refractivity contribution in [3.63, 3.8) is 0 Å². The summed E-state index contributed by atoms with van der Waals surface area (Å²) in [5.74, 6) is 0.235. The summed E-state index contributed by atoms with van der Waals surface area (Å²) in [6.45, 7) is 4.30. The molecule has 1 atom stereocenters. The summed E-state index contributed by atoms with van der Waals surface area (Å²) >= 11 is 0. The van der Waals surface area contributed by atoms with Gasteiger partial charge in [-0.25, -0.2) is 0 Å². The number of nitrogens with zero attached hydrogens (tertiary/aromatic N) is 4. The normalized spacial score (nSPS) is 18.1. The molecule has 0 spiro atoms. The molecule has 2 fully saturated rings. The van der Waals surface area contributed by atoms with E-state index in [4.69, 9.17) is 5.73 Å². The van der Waals surface area contributed by atoms with Crippen molar-refractivity contribution < 1.29 is 14.4 Å². The standard InChI is InChI=1S/C37H45N9O3.ClH/c38-24-25-9-11-28(12-10-25)36(48)41-33(37(49)40-32-15-13-27(14-16-32)34-42-44-45-43-34)22-26-5-3-6-29(21-26)30-7-4-8-31(23-30)35(47)39-17-20-46-18-1-2-19-46;/h3-8,13-16,21,23,25,28,33H,1-2,9-12,17-20,22,24,38H2,(H,39,47)(H,40,49)(H,41,48)(H,42,43,44,45);1H/t25?,28?,33-;/m0./s1. The van der Waals surface area contributed by atoms with E-state index in [-0.39, 0.29) is 36.0 Å². The number of tetrazole rings is 1. The fourth-order valence-corrected chi connectivity index (χ4v) is 6.76. The highest BCUT2D eigenvalue weighted by Crippen LogP contribution is 2.29. The molecule has 3 aromatic carbocycles. The molecule has 2 heterocycles. The summed E-state index contributed by atoms with van der Waals surface area (Å²) in [5.41, 5.74) is 10.5. The molecule has 1 saturated heterocycles. The van der Waals surface area contributed by atoms with E-state index in [9.17, 15) is 14.4 Å². The molecule has 1 aliphatic heterocycles. The predicted octanol–water partition coefficient (Wildman–Crippen LogP) is 4.21. The Hall–Kier alpha value is -4.65. The van der Waals surface area contributed by atoms with Crippen molar-refractivity contribution in [3.05, 3.63) is 83.9 Å². The van der Waals surface area contributed by atoms with Gasteiger partial charge in [-0.05, 0) is 122 Å². The number of aromatic nitrogens is 4. The topological polar surface area (TPSA) is 171 Å². The van der Waals surface area contributed by atoms with Crippen LogP contribution in [0.4, 0.5) is 5.69 Å². The zero-order valence-electron chi connectivity index (χ0n) is 28.1. The molecule has 1 aromatic heterocycles. The highest BCUT2D eigenvalue weighted by molar-refractivity contribution is 5.98. The van der Waals surface area contributed by atoms with Crippen LogP contribution in [0.15, 0.2) is 72.8 Å². The molecule has 0 bridgehead atoms. The zero-order chi connectivity index (χ0) is 34.0.